The van der Waals surface area contributed by atoms with Crippen LogP contribution in [0.25, 0.3) is 0 Å². The standard InChI is InChI=1S/C9H15N3/c1-7-11-6-9(12-7)8-2-4-10-5-3-8/h6,8,10H,2-5H2,1H3,(H,11,12). The summed E-state index contributed by atoms with van der Waals surface area (Å²) >= 11 is 0. The van der Waals surface area contributed by atoms with Gasteiger partial charge in [-0.15, -0.1) is 0 Å². The monoisotopic (exact) mass is 165 g/mol. The van der Waals surface area contributed by atoms with E-state index in [2.05, 4.69) is 15.3 Å². The molecule has 1 aromatic heterocycles. The van der Waals surface area contributed by atoms with E-state index in [9.17, 15) is 0 Å². The third-order valence-electron chi connectivity index (χ3n) is 2.50. The smallest absolute Gasteiger partial charge is 0.103 e. The van der Waals surface area contributed by atoms with Crippen molar-refractivity contribution in [3.8, 4) is 0 Å². The van der Waals surface area contributed by atoms with Crippen molar-refractivity contribution in [2.45, 2.75) is 25.7 Å². The average molecular weight is 165 g/mol. The molecule has 0 aromatic carbocycles. The average Bonchev–Trinajstić information content (AvgIpc) is 2.54. The number of aromatic nitrogens is 2. The van der Waals surface area contributed by atoms with Gasteiger partial charge in [0.1, 0.15) is 5.82 Å². The molecule has 0 spiro atoms. The second-order valence-electron chi connectivity index (χ2n) is 3.45. The van der Waals surface area contributed by atoms with Crippen molar-refractivity contribution in [2.75, 3.05) is 13.1 Å². The summed E-state index contributed by atoms with van der Waals surface area (Å²) in [7, 11) is 0. The van der Waals surface area contributed by atoms with Gasteiger partial charge in [-0.05, 0) is 32.9 Å². The molecule has 1 aliphatic rings. The fourth-order valence-corrected chi connectivity index (χ4v) is 1.78. The molecule has 0 aliphatic carbocycles. The van der Waals surface area contributed by atoms with E-state index in [1.807, 2.05) is 13.1 Å². The molecular weight excluding hydrogens is 150 g/mol. The van der Waals surface area contributed by atoms with Gasteiger partial charge in [0.25, 0.3) is 0 Å². The molecule has 1 saturated heterocycles. The lowest BCUT2D eigenvalue weighted by molar-refractivity contribution is 0.454. The predicted octanol–water partition coefficient (Wildman–Crippen LogP) is 1.19. The van der Waals surface area contributed by atoms with Gasteiger partial charge in [-0.1, -0.05) is 0 Å². The van der Waals surface area contributed by atoms with E-state index in [0.29, 0.717) is 5.92 Å². The van der Waals surface area contributed by atoms with Gasteiger partial charge in [-0.3, -0.25) is 0 Å². The third kappa shape index (κ3) is 1.50. The molecule has 12 heavy (non-hydrogen) atoms. The largest absolute Gasteiger partial charge is 0.346 e. The van der Waals surface area contributed by atoms with Gasteiger partial charge in [0, 0.05) is 17.8 Å². The number of rotatable bonds is 1. The van der Waals surface area contributed by atoms with E-state index < -0.39 is 0 Å². The fourth-order valence-electron chi connectivity index (χ4n) is 1.78. The summed E-state index contributed by atoms with van der Waals surface area (Å²) in [5.41, 5.74) is 1.31. The minimum atomic E-state index is 0.701. The number of aryl methyl sites for hydroxylation is 1. The van der Waals surface area contributed by atoms with Crippen LogP contribution in [0.2, 0.25) is 0 Å². The summed E-state index contributed by atoms with van der Waals surface area (Å²) in [5, 5.41) is 3.36. The second kappa shape index (κ2) is 3.27. The molecule has 0 atom stereocenters. The van der Waals surface area contributed by atoms with Crippen molar-refractivity contribution in [3.63, 3.8) is 0 Å². The van der Waals surface area contributed by atoms with Crippen LogP contribution in [-0.2, 0) is 0 Å². The van der Waals surface area contributed by atoms with Gasteiger partial charge in [-0.2, -0.15) is 0 Å². The van der Waals surface area contributed by atoms with Crippen LogP contribution in [0.5, 0.6) is 0 Å². The number of hydrogen-bond donors (Lipinski definition) is 2. The highest BCUT2D eigenvalue weighted by molar-refractivity contribution is 5.07. The minimum Gasteiger partial charge on any atom is -0.346 e. The fraction of sp³-hybridized carbons (Fsp3) is 0.667. The van der Waals surface area contributed by atoms with Crippen molar-refractivity contribution < 1.29 is 0 Å². The van der Waals surface area contributed by atoms with Gasteiger partial charge in [0.15, 0.2) is 0 Å². The van der Waals surface area contributed by atoms with Crippen molar-refractivity contribution in [1.82, 2.24) is 15.3 Å². The molecule has 66 valence electrons. The lowest BCUT2D eigenvalue weighted by Gasteiger charge is -2.20. The Morgan fingerprint density at radius 1 is 1.42 bits per heavy atom. The summed E-state index contributed by atoms with van der Waals surface area (Å²) in [4.78, 5) is 7.52. The minimum absolute atomic E-state index is 0.701. The zero-order valence-corrected chi connectivity index (χ0v) is 7.43. The number of imidazole rings is 1. The maximum atomic E-state index is 4.22. The first-order chi connectivity index (χ1) is 5.86. The Morgan fingerprint density at radius 2 is 2.17 bits per heavy atom. The summed E-state index contributed by atoms with van der Waals surface area (Å²) in [5.74, 6) is 1.73. The highest BCUT2D eigenvalue weighted by Crippen LogP contribution is 2.22. The molecule has 0 unspecified atom stereocenters. The molecule has 2 N–H and O–H groups in total. The van der Waals surface area contributed by atoms with Crippen molar-refractivity contribution in [1.29, 1.82) is 0 Å². The molecule has 0 radical (unpaired) electrons. The van der Waals surface area contributed by atoms with Crippen molar-refractivity contribution in [3.05, 3.63) is 17.7 Å². The van der Waals surface area contributed by atoms with E-state index in [1.54, 1.807) is 0 Å². The molecule has 1 aromatic rings. The second-order valence-corrected chi connectivity index (χ2v) is 3.45. The van der Waals surface area contributed by atoms with Crippen LogP contribution in [0.3, 0.4) is 0 Å². The molecule has 2 rings (SSSR count). The molecule has 3 heteroatoms. The van der Waals surface area contributed by atoms with Crippen LogP contribution in [-0.4, -0.2) is 23.1 Å². The Balaban J connectivity index is 2.08. The first-order valence-electron chi connectivity index (χ1n) is 4.58. The maximum Gasteiger partial charge on any atom is 0.103 e. The molecule has 0 saturated carbocycles. The first kappa shape index (κ1) is 7.80. The van der Waals surface area contributed by atoms with Gasteiger partial charge in [-0.25, -0.2) is 4.98 Å². The van der Waals surface area contributed by atoms with Crippen LogP contribution in [0.1, 0.15) is 30.3 Å². The van der Waals surface area contributed by atoms with E-state index in [4.69, 9.17) is 0 Å². The molecule has 0 bridgehead atoms. The lowest BCUT2D eigenvalue weighted by atomic mass is 9.95. The molecule has 0 amide bonds. The Bertz CT molecular complexity index is 248. The van der Waals surface area contributed by atoms with Crippen LogP contribution in [0, 0.1) is 6.92 Å². The van der Waals surface area contributed by atoms with Gasteiger partial charge >= 0.3 is 0 Å². The quantitative estimate of drug-likeness (QED) is 0.656. The predicted molar refractivity (Wildman–Crippen MR) is 48.2 cm³/mol. The summed E-state index contributed by atoms with van der Waals surface area (Å²) in [6.07, 6.45) is 4.45. The van der Waals surface area contributed by atoms with Crippen LogP contribution >= 0.6 is 0 Å². The third-order valence-corrected chi connectivity index (χ3v) is 2.50. The summed E-state index contributed by atoms with van der Waals surface area (Å²) in [6, 6.07) is 0. The van der Waals surface area contributed by atoms with E-state index in [0.717, 1.165) is 18.9 Å². The highest BCUT2D eigenvalue weighted by Gasteiger charge is 2.16. The summed E-state index contributed by atoms with van der Waals surface area (Å²) in [6.45, 7) is 4.29. The number of nitrogens with zero attached hydrogens (tertiary/aromatic N) is 1. The topological polar surface area (TPSA) is 40.7 Å². The number of aromatic amines is 1. The molecular formula is C9H15N3. The zero-order valence-electron chi connectivity index (χ0n) is 7.43. The molecule has 1 fully saturated rings. The van der Waals surface area contributed by atoms with E-state index >= 15 is 0 Å². The Hall–Kier alpha value is -0.830. The van der Waals surface area contributed by atoms with Crippen LogP contribution in [0.4, 0.5) is 0 Å². The van der Waals surface area contributed by atoms with Crippen molar-refractivity contribution in [2.24, 2.45) is 0 Å². The lowest BCUT2D eigenvalue weighted by Crippen LogP contribution is -2.26. The highest BCUT2D eigenvalue weighted by atomic mass is 14.9. The summed E-state index contributed by atoms with van der Waals surface area (Å²) < 4.78 is 0. The molecule has 1 aliphatic heterocycles. The first-order valence-corrected chi connectivity index (χ1v) is 4.58. The Morgan fingerprint density at radius 3 is 2.75 bits per heavy atom. The van der Waals surface area contributed by atoms with Crippen LogP contribution < -0.4 is 5.32 Å². The number of H-pyrrole nitrogens is 1. The maximum absolute atomic E-state index is 4.22. The number of nitrogens with one attached hydrogen (secondary N) is 2. The number of hydrogen-bond acceptors (Lipinski definition) is 2. The Labute approximate surface area is 72.6 Å². The van der Waals surface area contributed by atoms with Gasteiger partial charge in [0.05, 0.1) is 0 Å². The van der Waals surface area contributed by atoms with E-state index in [1.165, 1.54) is 18.5 Å². The molecule has 2 heterocycles. The normalized spacial score (nSPS) is 19.8. The SMILES string of the molecule is Cc1ncc(C2CCNCC2)[nH]1. The van der Waals surface area contributed by atoms with Gasteiger partial charge in [0.2, 0.25) is 0 Å². The van der Waals surface area contributed by atoms with Crippen molar-refractivity contribution >= 4 is 0 Å². The Kier molecular flexibility index (Phi) is 2.13. The number of piperidine rings is 1. The van der Waals surface area contributed by atoms with E-state index in [-0.39, 0.29) is 0 Å². The zero-order chi connectivity index (χ0) is 8.39. The van der Waals surface area contributed by atoms with Crippen LogP contribution in [0.15, 0.2) is 6.20 Å². The van der Waals surface area contributed by atoms with Gasteiger partial charge < -0.3 is 10.3 Å². The molecule has 3 nitrogen and oxygen atoms in total.